The highest BCUT2D eigenvalue weighted by Gasteiger charge is 2.09. The smallest absolute Gasteiger partial charge is 0.150 e. The van der Waals surface area contributed by atoms with Gasteiger partial charge in [-0.25, -0.2) is 0 Å². The van der Waals surface area contributed by atoms with Crippen LogP contribution in [-0.2, 0) is 6.54 Å². The van der Waals surface area contributed by atoms with Crippen LogP contribution in [0.1, 0.15) is 29.8 Å². The van der Waals surface area contributed by atoms with Crippen molar-refractivity contribution in [2.75, 3.05) is 14.2 Å². The molecule has 0 aliphatic heterocycles. The summed E-state index contributed by atoms with van der Waals surface area (Å²) in [7, 11) is 3.70. The Kier molecular flexibility index (Phi) is 4.50. The molecule has 0 atom stereocenters. The summed E-state index contributed by atoms with van der Waals surface area (Å²) in [6.07, 6.45) is 0.859. The number of methoxy groups -OCH3 is 1. The van der Waals surface area contributed by atoms with Crippen LogP contribution in [0.3, 0.4) is 0 Å². The summed E-state index contributed by atoms with van der Waals surface area (Å²) in [4.78, 5) is 12.9. The predicted molar refractivity (Wildman–Crippen MR) is 65.0 cm³/mol. The number of rotatable bonds is 5. The second-order valence-electron chi connectivity index (χ2n) is 4.20. The highest BCUT2D eigenvalue weighted by molar-refractivity contribution is 5.75. The minimum absolute atomic E-state index is 0.463. The molecule has 0 N–H and O–H groups in total. The molecule has 0 spiro atoms. The summed E-state index contributed by atoms with van der Waals surface area (Å²) in [5, 5.41) is 0. The number of nitrogens with zero attached hydrogens (tertiary/aromatic N) is 1. The Morgan fingerprint density at radius 2 is 2.12 bits per heavy atom. The van der Waals surface area contributed by atoms with E-state index in [0.29, 0.717) is 11.6 Å². The first-order valence-electron chi connectivity index (χ1n) is 5.40. The van der Waals surface area contributed by atoms with Crippen molar-refractivity contribution in [2.24, 2.45) is 0 Å². The molecular formula is C13H19NO2. The van der Waals surface area contributed by atoms with Crippen LogP contribution < -0.4 is 4.74 Å². The van der Waals surface area contributed by atoms with E-state index in [4.69, 9.17) is 4.74 Å². The molecule has 0 saturated carbocycles. The van der Waals surface area contributed by atoms with Crippen molar-refractivity contribution in [1.82, 2.24) is 4.90 Å². The van der Waals surface area contributed by atoms with E-state index < -0.39 is 0 Å². The van der Waals surface area contributed by atoms with Crippen LogP contribution in [0.25, 0.3) is 0 Å². The fourth-order valence-corrected chi connectivity index (χ4v) is 1.45. The van der Waals surface area contributed by atoms with E-state index in [-0.39, 0.29) is 0 Å². The summed E-state index contributed by atoms with van der Waals surface area (Å²) in [5.41, 5.74) is 1.73. The Labute approximate surface area is 97.0 Å². The summed E-state index contributed by atoms with van der Waals surface area (Å²) in [6.45, 7) is 5.05. The van der Waals surface area contributed by atoms with Crippen molar-refractivity contribution in [3.63, 3.8) is 0 Å². The molecule has 1 aromatic rings. The molecule has 0 amide bonds. The van der Waals surface area contributed by atoms with Crippen molar-refractivity contribution in [2.45, 2.75) is 26.4 Å². The van der Waals surface area contributed by atoms with E-state index >= 15 is 0 Å². The van der Waals surface area contributed by atoms with Crippen molar-refractivity contribution in [1.29, 1.82) is 0 Å². The van der Waals surface area contributed by atoms with Crippen LogP contribution in [0.4, 0.5) is 0 Å². The van der Waals surface area contributed by atoms with Gasteiger partial charge in [0.15, 0.2) is 0 Å². The maximum absolute atomic E-state index is 10.7. The van der Waals surface area contributed by atoms with Gasteiger partial charge >= 0.3 is 0 Å². The van der Waals surface area contributed by atoms with Crippen LogP contribution in [-0.4, -0.2) is 31.4 Å². The zero-order chi connectivity index (χ0) is 12.1. The third-order valence-corrected chi connectivity index (χ3v) is 2.74. The average molecular weight is 221 g/mol. The first kappa shape index (κ1) is 12.7. The highest BCUT2D eigenvalue weighted by atomic mass is 16.5. The minimum atomic E-state index is 0.463. The van der Waals surface area contributed by atoms with E-state index in [2.05, 4.69) is 25.8 Å². The molecular weight excluding hydrogens is 202 g/mol. The van der Waals surface area contributed by atoms with E-state index in [0.717, 1.165) is 24.1 Å². The van der Waals surface area contributed by atoms with E-state index in [1.54, 1.807) is 13.2 Å². The van der Waals surface area contributed by atoms with E-state index in [1.807, 2.05) is 12.1 Å². The molecule has 3 nitrogen and oxygen atoms in total. The summed E-state index contributed by atoms with van der Waals surface area (Å²) < 4.78 is 5.28. The topological polar surface area (TPSA) is 29.5 Å². The van der Waals surface area contributed by atoms with Crippen molar-refractivity contribution >= 4 is 6.29 Å². The molecule has 3 heteroatoms. The van der Waals surface area contributed by atoms with Crippen LogP contribution in [0, 0.1) is 0 Å². The van der Waals surface area contributed by atoms with Gasteiger partial charge in [-0.05, 0) is 39.1 Å². The summed E-state index contributed by atoms with van der Waals surface area (Å²) in [5.74, 6) is 0.832. The van der Waals surface area contributed by atoms with Gasteiger partial charge in [0, 0.05) is 23.7 Å². The summed E-state index contributed by atoms with van der Waals surface area (Å²) >= 11 is 0. The van der Waals surface area contributed by atoms with Gasteiger partial charge in [-0.2, -0.15) is 0 Å². The normalized spacial score (nSPS) is 10.9. The molecule has 1 rings (SSSR count). The Morgan fingerprint density at radius 1 is 1.44 bits per heavy atom. The lowest BCUT2D eigenvalue weighted by Crippen LogP contribution is -2.25. The van der Waals surface area contributed by atoms with Crippen molar-refractivity contribution < 1.29 is 9.53 Å². The molecule has 0 saturated heterocycles. The second kappa shape index (κ2) is 5.66. The number of benzene rings is 1. The Hall–Kier alpha value is -1.35. The van der Waals surface area contributed by atoms with Crippen LogP contribution in [0.5, 0.6) is 5.75 Å². The molecule has 0 heterocycles. The molecule has 0 aromatic heterocycles. The van der Waals surface area contributed by atoms with Gasteiger partial charge in [0.1, 0.15) is 12.0 Å². The van der Waals surface area contributed by atoms with Gasteiger partial charge in [-0.1, -0.05) is 0 Å². The Balaban J connectivity index is 2.95. The third kappa shape index (κ3) is 3.07. The molecule has 0 fully saturated rings. The fraction of sp³-hybridized carbons (Fsp3) is 0.462. The first-order chi connectivity index (χ1) is 7.58. The number of hydrogen-bond donors (Lipinski definition) is 0. The number of carbonyl (C=O) groups is 1. The maximum atomic E-state index is 10.7. The lowest BCUT2D eigenvalue weighted by Gasteiger charge is -2.22. The van der Waals surface area contributed by atoms with Gasteiger partial charge in [0.2, 0.25) is 0 Å². The standard InChI is InChI=1S/C13H19NO2/c1-10(2)14(3)8-12-7-11(9-15)5-6-13(12)16-4/h5-7,9-10H,8H2,1-4H3. The Bertz CT molecular complexity index is 361. The maximum Gasteiger partial charge on any atom is 0.150 e. The number of hydrogen-bond acceptors (Lipinski definition) is 3. The van der Waals surface area contributed by atoms with Crippen molar-refractivity contribution in [3.05, 3.63) is 29.3 Å². The molecule has 0 radical (unpaired) electrons. The van der Waals surface area contributed by atoms with Crippen LogP contribution >= 0.6 is 0 Å². The third-order valence-electron chi connectivity index (χ3n) is 2.74. The predicted octanol–water partition coefficient (Wildman–Crippen LogP) is 2.35. The number of aldehydes is 1. The molecule has 88 valence electrons. The fourth-order valence-electron chi connectivity index (χ4n) is 1.45. The Morgan fingerprint density at radius 3 is 2.62 bits per heavy atom. The quantitative estimate of drug-likeness (QED) is 0.715. The zero-order valence-electron chi connectivity index (χ0n) is 10.4. The molecule has 0 aliphatic rings. The molecule has 16 heavy (non-hydrogen) atoms. The molecule has 1 aromatic carbocycles. The van der Waals surface area contributed by atoms with Gasteiger partial charge in [0.25, 0.3) is 0 Å². The lowest BCUT2D eigenvalue weighted by molar-refractivity contribution is 0.112. The van der Waals surface area contributed by atoms with E-state index in [9.17, 15) is 4.79 Å². The SMILES string of the molecule is COc1ccc(C=O)cc1CN(C)C(C)C. The monoisotopic (exact) mass is 221 g/mol. The lowest BCUT2D eigenvalue weighted by atomic mass is 10.1. The largest absolute Gasteiger partial charge is 0.496 e. The molecule has 0 unspecified atom stereocenters. The van der Waals surface area contributed by atoms with Gasteiger partial charge < -0.3 is 4.74 Å². The number of carbonyl (C=O) groups excluding carboxylic acids is 1. The van der Waals surface area contributed by atoms with Gasteiger partial charge in [-0.15, -0.1) is 0 Å². The number of ether oxygens (including phenoxy) is 1. The average Bonchev–Trinajstić information content (AvgIpc) is 2.28. The summed E-state index contributed by atoms with van der Waals surface area (Å²) in [6, 6.07) is 5.95. The van der Waals surface area contributed by atoms with E-state index in [1.165, 1.54) is 0 Å². The second-order valence-corrected chi connectivity index (χ2v) is 4.20. The zero-order valence-corrected chi connectivity index (χ0v) is 10.4. The first-order valence-corrected chi connectivity index (χ1v) is 5.40. The van der Waals surface area contributed by atoms with Crippen LogP contribution in [0.2, 0.25) is 0 Å². The minimum Gasteiger partial charge on any atom is -0.496 e. The van der Waals surface area contributed by atoms with Crippen molar-refractivity contribution in [3.8, 4) is 5.75 Å². The highest BCUT2D eigenvalue weighted by Crippen LogP contribution is 2.21. The molecule has 0 aliphatic carbocycles. The van der Waals surface area contributed by atoms with Gasteiger partial charge in [-0.3, -0.25) is 9.69 Å². The van der Waals surface area contributed by atoms with Gasteiger partial charge in [0.05, 0.1) is 7.11 Å². The van der Waals surface area contributed by atoms with Crippen LogP contribution in [0.15, 0.2) is 18.2 Å². The molecule has 0 bridgehead atoms.